The van der Waals surface area contributed by atoms with Crippen molar-refractivity contribution in [2.75, 3.05) is 13.1 Å². The van der Waals surface area contributed by atoms with E-state index in [0.717, 1.165) is 36.7 Å². The molecule has 0 bridgehead atoms. The van der Waals surface area contributed by atoms with Gasteiger partial charge in [0.25, 0.3) is 5.91 Å². The van der Waals surface area contributed by atoms with Crippen molar-refractivity contribution in [3.63, 3.8) is 0 Å². The number of aromatic amines is 1. The summed E-state index contributed by atoms with van der Waals surface area (Å²) in [6.07, 6.45) is 8.46. The van der Waals surface area contributed by atoms with E-state index < -0.39 is 0 Å². The molecule has 0 spiro atoms. The molecule has 0 aromatic carbocycles. The molecule has 3 heterocycles. The Kier molecular flexibility index (Phi) is 3.36. The van der Waals surface area contributed by atoms with Crippen molar-refractivity contribution >= 4 is 5.91 Å². The molecule has 6 heteroatoms. The van der Waals surface area contributed by atoms with Gasteiger partial charge in [0.2, 0.25) is 0 Å². The molecule has 0 radical (unpaired) electrons. The molecule has 1 unspecified atom stereocenters. The molecular formula is C16H19N5O. The smallest absolute Gasteiger partial charge is 0.271 e. The minimum Gasteiger partial charge on any atom is -0.337 e. The van der Waals surface area contributed by atoms with Gasteiger partial charge in [-0.15, -0.1) is 0 Å². The number of hydrogen-bond acceptors (Lipinski definition) is 4. The number of aromatic nitrogens is 4. The van der Waals surface area contributed by atoms with Gasteiger partial charge >= 0.3 is 0 Å². The molecular weight excluding hydrogens is 278 g/mol. The van der Waals surface area contributed by atoms with E-state index in [2.05, 4.69) is 20.4 Å². The summed E-state index contributed by atoms with van der Waals surface area (Å²) in [6.45, 7) is 1.76. The van der Waals surface area contributed by atoms with Crippen molar-refractivity contribution in [2.45, 2.75) is 25.7 Å². The van der Waals surface area contributed by atoms with Gasteiger partial charge in [-0.05, 0) is 30.4 Å². The lowest BCUT2D eigenvalue weighted by Gasteiger charge is -2.31. The van der Waals surface area contributed by atoms with E-state index in [1.165, 1.54) is 19.3 Å². The predicted molar refractivity (Wildman–Crippen MR) is 81.0 cm³/mol. The number of H-pyrrole nitrogens is 1. The van der Waals surface area contributed by atoms with Crippen molar-refractivity contribution in [2.24, 2.45) is 11.8 Å². The van der Waals surface area contributed by atoms with Crippen LogP contribution in [0.4, 0.5) is 0 Å². The highest BCUT2D eigenvalue weighted by Gasteiger charge is 2.35. The third-order valence-electron chi connectivity index (χ3n) is 5.02. The molecule has 1 atom stereocenters. The monoisotopic (exact) mass is 297 g/mol. The number of nitrogens with zero attached hydrogens (tertiary/aromatic N) is 4. The fourth-order valence-electron chi connectivity index (χ4n) is 3.46. The van der Waals surface area contributed by atoms with Crippen molar-refractivity contribution in [1.82, 2.24) is 25.3 Å². The third-order valence-corrected chi connectivity index (χ3v) is 5.02. The molecule has 4 rings (SSSR count). The maximum Gasteiger partial charge on any atom is 0.271 e. The number of hydrogen-bond donors (Lipinski definition) is 1. The molecule has 2 fully saturated rings. The number of likely N-dealkylation sites (tertiary alicyclic amines) is 1. The Hall–Kier alpha value is -2.24. The number of carbonyl (C=O) groups is 1. The minimum absolute atomic E-state index is 0.0580. The zero-order chi connectivity index (χ0) is 14.9. The van der Waals surface area contributed by atoms with Gasteiger partial charge in [0.15, 0.2) is 0 Å². The topological polar surface area (TPSA) is 74.8 Å². The largest absolute Gasteiger partial charge is 0.337 e. The quantitative estimate of drug-likeness (QED) is 0.941. The molecule has 114 valence electrons. The second kappa shape index (κ2) is 5.51. The third kappa shape index (κ3) is 2.38. The van der Waals surface area contributed by atoms with Crippen LogP contribution in [0.15, 0.2) is 24.5 Å². The van der Waals surface area contributed by atoms with Crippen molar-refractivity contribution in [1.29, 1.82) is 0 Å². The van der Waals surface area contributed by atoms with Gasteiger partial charge in [0.05, 0.1) is 18.1 Å². The first kappa shape index (κ1) is 13.4. The van der Waals surface area contributed by atoms with Crippen LogP contribution in [-0.4, -0.2) is 44.3 Å². The van der Waals surface area contributed by atoms with Crippen LogP contribution >= 0.6 is 0 Å². The molecule has 22 heavy (non-hydrogen) atoms. The summed E-state index contributed by atoms with van der Waals surface area (Å²) in [7, 11) is 0. The lowest BCUT2D eigenvalue weighted by molar-refractivity contribution is 0.0770. The second-order valence-corrected chi connectivity index (χ2v) is 6.29. The number of amides is 1. The van der Waals surface area contributed by atoms with Crippen molar-refractivity contribution < 1.29 is 4.79 Å². The van der Waals surface area contributed by atoms with Gasteiger partial charge in [-0.25, -0.2) is 0 Å². The van der Waals surface area contributed by atoms with E-state index in [-0.39, 0.29) is 5.91 Å². The highest BCUT2D eigenvalue weighted by molar-refractivity contribution is 5.93. The van der Waals surface area contributed by atoms with Gasteiger partial charge in [-0.2, -0.15) is 15.3 Å². The maximum atomic E-state index is 12.6. The van der Waals surface area contributed by atoms with E-state index in [1.54, 1.807) is 18.5 Å². The summed E-state index contributed by atoms with van der Waals surface area (Å²) in [6, 6.07) is 3.63. The highest BCUT2D eigenvalue weighted by Crippen LogP contribution is 2.38. The molecule has 1 N–H and O–H groups in total. The molecule has 1 amide bonds. The van der Waals surface area contributed by atoms with Gasteiger partial charge in [-0.1, -0.05) is 19.3 Å². The molecule has 2 aromatic heterocycles. The lowest BCUT2D eigenvalue weighted by atomic mass is 9.75. The average molecular weight is 297 g/mol. The van der Waals surface area contributed by atoms with Crippen LogP contribution in [0.3, 0.4) is 0 Å². The van der Waals surface area contributed by atoms with Crippen LogP contribution in [0.2, 0.25) is 0 Å². The predicted octanol–water partition coefficient (Wildman–Crippen LogP) is 2.13. The van der Waals surface area contributed by atoms with E-state index in [1.807, 2.05) is 11.0 Å². The highest BCUT2D eigenvalue weighted by atomic mass is 16.2. The SMILES string of the molecule is O=C(c1cc(-c2ccnnc2)n[nH]1)N1CCC(C2CCC2)C1. The van der Waals surface area contributed by atoms with Gasteiger partial charge in [-0.3, -0.25) is 9.89 Å². The normalized spacial score (nSPS) is 21.8. The average Bonchev–Trinajstić information content (AvgIpc) is 3.15. The van der Waals surface area contributed by atoms with Crippen molar-refractivity contribution in [3.05, 3.63) is 30.2 Å². The van der Waals surface area contributed by atoms with E-state index in [4.69, 9.17) is 0 Å². The summed E-state index contributed by atoms with van der Waals surface area (Å²) in [5.41, 5.74) is 2.15. The van der Waals surface area contributed by atoms with Crippen LogP contribution in [0.25, 0.3) is 11.3 Å². The maximum absolute atomic E-state index is 12.6. The minimum atomic E-state index is 0.0580. The molecule has 6 nitrogen and oxygen atoms in total. The summed E-state index contributed by atoms with van der Waals surface area (Å²) in [5.74, 6) is 1.60. The van der Waals surface area contributed by atoms with Crippen LogP contribution < -0.4 is 0 Å². The molecule has 1 aliphatic carbocycles. The summed E-state index contributed by atoms with van der Waals surface area (Å²) in [4.78, 5) is 14.6. The summed E-state index contributed by atoms with van der Waals surface area (Å²) < 4.78 is 0. The fraction of sp³-hybridized carbons (Fsp3) is 0.500. The summed E-state index contributed by atoms with van der Waals surface area (Å²) >= 11 is 0. The Balaban J connectivity index is 1.46. The standard InChI is InChI=1S/C16H19N5O/c22-16(21-7-5-13(10-21)11-2-1-3-11)15-8-14(19-20-15)12-4-6-17-18-9-12/h4,6,8-9,11,13H,1-3,5,7,10H2,(H,19,20). The van der Waals surface area contributed by atoms with Crippen LogP contribution in [0.1, 0.15) is 36.2 Å². The first-order valence-electron chi connectivity index (χ1n) is 7.93. The Morgan fingerprint density at radius 1 is 1.23 bits per heavy atom. The van der Waals surface area contributed by atoms with Gasteiger partial charge in [0, 0.05) is 18.7 Å². The molecule has 2 aliphatic rings. The number of rotatable bonds is 3. The first-order valence-corrected chi connectivity index (χ1v) is 7.93. The number of nitrogens with one attached hydrogen (secondary N) is 1. The zero-order valence-corrected chi connectivity index (χ0v) is 12.4. The van der Waals surface area contributed by atoms with Crippen molar-refractivity contribution in [3.8, 4) is 11.3 Å². The van der Waals surface area contributed by atoms with Crippen LogP contribution in [-0.2, 0) is 0 Å². The van der Waals surface area contributed by atoms with E-state index in [0.29, 0.717) is 11.6 Å². The Labute approximate surface area is 128 Å². The van der Waals surface area contributed by atoms with Crippen LogP contribution in [0.5, 0.6) is 0 Å². The van der Waals surface area contributed by atoms with E-state index >= 15 is 0 Å². The van der Waals surface area contributed by atoms with Gasteiger partial charge in [0.1, 0.15) is 5.69 Å². The lowest BCUT2D eigenvalue weighted by Crippen LogP contribution is -2.31. The Morgan fingerprint density at radius 3 is 2.86 bits per heavy atom. The molecule has 1 saturated carbocycles. The molecule has 1 saturated heterocycles. The molecule has 2 aromatic rings. The second-order valence-electron chi connectivity index (χ2n) is 6.29. The van der Waals surface area contributed by atoms with Crippen LogP contribution in [0, 0.1) is 11.8 Å². The Bertz CT molecular complexity index is 664. The zero-order valence-electron chi connectivity index (χ0n) is 12.4. The summed E-state index contributed by atoms with van der Waals surface area (Å²) in [5, 5.41) is 14.7. The Morgan fingerprint density at radius 2 is 2.14 bits per heavy atom. The van der Waals surface area contributed by atoms with E-state index in [9.17, 15) is 4.79 Å². The molecule has 1 aliphatic heterocycles. The first-order chi connectivity index (χ1) is 10.8. The fourth-order valence-corrected chi connectivity index (χ4v) is 3.46. The van der Waals surface area contributed by atoms with Gasteiger partial charge < -0.3 is 4.90 Å². The number of carbonyl (C=O) groups excluding carboxylic acids is 1.